The second-order valence-corrected chi connectivity index (χ2v) is 5.85. The number of halogens is 7. The molecule has 0 aliphatic rings. The quantitative estimate of drug-likeness (QED) is 0.552. The molecule has 2 aromatic rings. The highest BCUT2D eigenvalue weighted by Gasteiger charge is 2.36. The summed E-state index contributed by atoms with van der Waals surface area (Å²) in [6.45, 7) is -1.03. The van der Waals surface area contributed by atoms with Gasteiger partial charge in [-0.1, -0.05) is 11.6 Å². The Balaban J connectivity index is 2.59. The maximum atomic E-state index is 13.3. The first kappa shape index (κ1) is 18.8. The molecule has 2 aromatic carbocycles. The van der Waals surface area contributed by atoms with E-state index in [9.17, 15) is 22.0 Å². The summed E-state index contributed by atoms with van der Waals surface area (Å²) < 4.78 is 71.0. The van der Waals surface area contributed by atoms with Gasteiger partial charge >= 0.3 is 6.18 Å². The minimum absolute atomic E-state index is 0.0686. The van der Waals surface area contributed by atoms with Gasteiger partial charge in [0, 0.05) is 17.1 Å². The van der Waals surface area contributed by atoms with Gasteiger partial charge in [-0.3, -0.25) is 0 Å². The Morgan fingerprint density at radius 3 is 2.50 bits per heavy atom. The number of hydrogen-bond acceptors (Lipinski definition) is 2. The first-order valence-corrected chi connectivity index (χ1v) is 7.73. The second-order valence-electron chi connectivity index (χ2n) is 4.59. The van der Waals surface area contributed by atoms with Crippen LogP contribution in [-0.4, -0.2) is 13.2 Å². The van der Waals surface area contributed by atoms with Crippen molar-refractivity contribution in [2.24, 2.45) is 0 Å². The fraction of sp³-hybridized carbons (Fsp3) is 0.200. The van der Waals surface area contributed by atoms with Crippen LogP contribution in [0.2, 0.25) is 5.02 Å². The van der Waals surface area contributed by atoms with E-state index < -0.39 is 30.0 Å². The third kappa shape index (κ3) is 4.30. The van der Waals surface area contributed by atoms with E-state index in [4.69, 9.17) is 16.3 Å². The molecule has 0 saturated carbocycles. The second kappa shape index (κ2) is 7.57. The van der Waals surface area contributed by atoms with Crippen LogP contribution in [0.15, 0.2) is 34.8 Å². The lowest BCUT2D eigenvalue weighted by molar-refractivity contribution is -0.138. The van der Waals surface area contributed by atoms with Crippen LogP contribution in [0.3, 0.4) is 0 Å². The van der Waals surface area contributed by atoms with E-state index in [-0.39, 0.29) is 27.5 Å². The van der Waals surface area contributed by atoms with E-state index in [1.165, 1.54) is 0 Å². The number of rotatable bonds is 5. The summed E-state index contributed by atoms with van der Waals surface area (Å²) >= 11 is 8.93. The number of nitrogens with one attached hydrogen (secondary N) is 1. The van der Waals surface area contributed by atoms with Gasteiger partial charge in [-0.15, -0.1) is 0 Å². The average Bonchev–Trinajstić information content (AvgIpc) is 2.49. The molecule has 2 nitrogen and oxygen atoms in total. The average molecular weight is 431 g/mol. The first-order chi connectivity index (χ1) is 11.2. The smallest absolute Gasteiger partial charge is 0.420 e. The zero-order chi connectivity index (χ0) is 17.9. The Labute approximate surface area is 147 Å². The Bertz CT molecular complexity index is 739. The number of benzene rings is 2. The first-order valence-electron chi connectivity index (χ1n) is 6.56. The summed E-state index contributed by atoms with van der Waals surface area (Å²) in [6, 6.07) is 5.02. The Kier molecular flexibility index (Phi) is 5.92. The van der Waals surface area contributed by atoms with Crippen molar-refractivity contribution in [3.05, 3.63) is 51.2 Å². The maximum Gasteiger partial charge on any atom is 0.420 e. The van der Waals surface area contributed by atoms with Crippen molar-refractivity contribution < 1.29 is 26.7 Å². The van der Waals surface area contributed by atoms with Crippen LogP contribution < -0.4 is 10.1 Å². The predicted octanol–water partition coefficient (Wildman–Crippen LogP) is 6.43. The van der Waals surface area contributed by atoms with Crippen molar-refractivity contribution in [1.82, 2.24) is 0 Å². The Hall–Kier alpha value is -1.54. The number of alkyl halides is 4. The third-order valence-electron chi connectivity index (χ3n) is 2.91. The molecule has 24 heavy (non-hydrogen) atoms. The summed E-state index contributed by atoms with van der Waals surface area (Å²) in [5, 5.41) is 2.45. The number of ether oxygens (including phenoxy) is 1. The van der Waals surface area contributed by atoms with Gasteiger partial charge < -0.3 is 10.1 Å². The maximum absolute atomic E-state index is 13.3. The van der Waals surface area contributed by atoms with Gasteiger partial charge in [0.2, 0.25) is 0 Å². The topological polar surface area (TPSA) is 21.3 Å². The van der Waals surface area contributed by atoms with Crippen LogP contribution in [0.25, 0.3) is 0 Å². The zero-order valence-corrected chi connectivity index (χ0v) is 14.2. The van der Waals surface area contributed by atoms with E-state index in [0.717, 1.165) is 30.3 Å². The molecule has 0 aromatic heterocycles. The fourth-order valence-corrected chi connectivity index (χ4v) is 2.50. The fourth-order valence-electron chi connectivity index (χ4n) is 1.89. The molecule has 0 fully saturated rings. The third-order valence-corrected chi connectivity index (χ3v) is 3.89. The lowest BCUT2D eigenvalue weighted by atomic mass is 10.1. The SMILES string of the molecule is FCCNc1c(Br)ccc(C(F)(F)F)c1Oc1cc(F)ccc1Cl. The molecular weight excluding hydrogens is 421 g/mol. The van der Waals surface area contributed by atoms with Crippen molar-refractivity contribution in [2.45, 2.75) is 6.18 Å². The lowest BCUT2D eigenvalue weighted by Gasteiger charge is -2.20. The molecule has 0 aliphatic carbocycles. The molecule has 130 valence electrons. The molecule has 2 rings (SSSR count). The largest absolute Gasteiger partial charge is 0.453 e. The molecular formula is C15H10BrClF5NO. The van der Waals surface area contributed by atoms with Gasteiger partial charge in [-0.2, -0.15) is 13.2 Å². The molecule has 0 amide bonds. The molecule has 0 heterocycles. The number of hydrogen-bond donors (Lipinski definition) is 1. The van der Waals surface area contributed by atoms with Crippen LogP contribution in [0, 0.1) is 5.82 Å². The minimum atomic E-state index is -4.73. The molecule has 0 saturated heterocycles. The Morgan fingerprint density at radius 2 is 1.88 bits per heavy atom. The highest BCUT2D eigenvalue weighted by Crippen LogP contribution is 2.46. The Morgan fingerprint density at radius 1 is 1.17 bits per heavy atom. The predicted molar refractivity (Wildman–Crippen MR) is 85.1 cm³/mol. The molecule has 1 N–H and O–H groups in total. The molecule has 0 atom stereocenters. The normalized spacial score (nSPS) is 11.5. The van der Waals surface area contributed by atoms with Gasteiger partial charge in [0.25, 0.3) is 0 Å². The van der Waals surface area contributed by atoms with E-state index >= 15 is 0 Å². The summed E-state index contributed by atoms with van der Waals surface area (Å²) in [5.74, 6) is -1.64. The standard InChI is InChI=1S/C15H10BrClF5NO/c16-10-3-2-9(15(20,21)22)14(13(10)23-6-5-18)24-12-7-8(19)1-4-11(12)17/h1-4,7,23H,5-6H2. The van der Waals surface area contributed by atoms with Crippen LogP contribution in [0.1, 0.15) is 5.56 Å². The van der Waals surface area contributed by atoms with Gasteiger partial charge in [-0.05, 0) is 40.2 Å². The molecule has 0 radical (unpaired) electrons. The van der Waals surface area contributed by atoms with Crippen molar-refractivity contribution in [3.8, 4) is 11.5 Å². The van der Waals surface area contributed by atoms with E-state index in [0.29, 0.717) is 0 Å². The molecule has 0 unspecified atom stereocenters. The highest BCUT2D eigenvalue weighted by atomic mass is 79.9. The summed E-state index contributed by atoms with van der Waals surface area (Å²) in [7, 11) is 0. The molecule has 0 aliphatic heterocycles. The summed E-state index contributed by atoms with van der Waals surface area (Å²) in [5.41, 5.74) is -1.21. The number of anilines is 1. The van der Waals surface area contributed by atoms with Gasteiger partial charge in [-0.25, -0.2) is 8.78 Å². The zero-order valence-electron chi connectivity index (χ0n) is 11.9. The van der Waals surface area contributed by atoms with Crippen molar-refractivity contribution in [3.63, 3.8) is 0 Å². The van der Waals surface area contributed by atoms with E-state index in [2.05, 4.69) is 21.2 Å². The van der Waals surface area contributed by atoms with Gasteiger partial charge in [0.15, 0.2) is 5.75 Å². The van der Waals surface area contributed by atoms with E-state index in [1.807, 2.05) is 0 Å². The molecule has 0 bridgehead atoms. The van der Waals surface area contributed by atoms with Crippen molar-refractivity contribution in [2.75, 3.05) is 18.5 Å². The van der Waals surface area contributed by atoms with Crippen LogP contribution in [-0.2, 0) is 6.18 Å². The van der Waals surface area contributed by atoms with Gasteiger partial charge in [0.05, 0.1) is 10.7 Å². The summed E-state index contributed by atoms with van der Waals surface area (Å²) in [6.07, 6.45) is -4.73. The van der Waals surface area contributed by atoms with E-state index in [1.54, 1.807) is 0 Å². The van der Waals surface area contributed by atoms with Crippen molar-refractivity contribution >= 4 is 33.2 Å². The molecule has 9 heteroatoms. The van der Waals surface area contributed by atoms with Crippen LogP contribution in [0.4, 0.5) is 27.6 Å². The lowest BCUT2D eigenvalue weighted by Crippen LogP contribution is -2.11. The molecule has 0 spiro atoms. The minimum Gasteiger partial charge on any atom is -0.453 e. The monoisotopic (exact) mass is 429 g/mol. The van der Waals surface area contributed by atoms with Crippen LogP contribution >= 0.6 is 27.5 Å². The summed E-state index contributed by atoms with van der Waals surface area (Å²) in [4.78, 5) is 0. The van der Waals surface area contributed by atoms with Crippen LogP contribution in [0.5, 0.6) is 11.5 Å². The van der Waals surface area contributed by atoms with Gasteiger partial charge in [0.1, 0.15) is 23.8 Å². The highest BCUT2D eigenvalue weighted by molar-refractivity contribution is 9.10. The van der Waals surface area contributed by atoms with Crippen molar-refractivity contribution in [1.29, 1.82) is 0 Å².